The number of Topliss-reactive ketones (excluding diaryl/α,β-unsaturated/α-hetero) is 2. The lowest BCUT2D eigenvalue weighted by atomic mass is 9.99. The molecule has 0 amide bonds. The Morgan fingerprint density at radius 1 is 1.32 bits per heavy atom. The van der Waals surface area contributed by atoms with Crippen molar-refractivity contribution >= 4 is 22.9 Å². The summed E-state index contributed by atoms with van der Waals surface area (Å²) in [5.41, 5.74) is 2.42. The largest absolute Gasteiger partial charge is 0.388 e. The number of ketones is 2. The molecular formula is C16H16N2O3S. The van der Waals surface area contributed by atoms with Gasteiger partial charge in [-0.25, -0.2) is 4.98 Å². The number of aliphatic hydroxyl groups is 1. The van der Waals surface area contributed by atoms with Crippen molar-refractivity contribution < 1.29 is 14.7 Å². The number of rotatable bonds is 4. The van der Waals surface area contributed by atoms with Crippen molar-refractivity contribution in [2.75, 3.05) is 13.2 Å². The Morgan fingerprint density at radius 2 is 2.18 bits per heavy atom. The number of thiazole rings is 1. The Morgan fingerprint density at radius 3 is 2.91 bits per heavy atom. The molecule has 0 aliphatic carbocycles. The number of nitrogens with zero attached hydrogens (tertiary/aromatic N) is 2. The first-order valence-corrected chi connectivity index (χ1v) is 7.92. The molecule has 5 nitrogen and oxygen atoms in total. The summed E-state index contributed by atoms with van der Waals surface area (Å²) in [6, 6.07) is 5.30. The van der Waals surface area contributed by atoms with Gasteiger partial charge in [0.05, 0.1) is 13.1 Å². The smallest absolute Gasteiger partial charge is 0.188 e. The molecule has 1 aliphatic heterocycles. The normalized spacial score (nSPS) is 15.4. The minimum atomic E-state index is -0.499. The van der Waals surface area contributed by atoms with Gasteiger partial charge in [-0.2, -0.15) is 0 Å². The standard InChI is InChI=1S/C16H16N2O3S/c19-10-15(21)12-2-1-11-6-14(20)8-18(7-13(11)5-12)9-16-17-3-4-22-16/h1-5,19H,6-10H2. The predicted molar refractivity (Wildman–Crippen MR) is 82.8 cm³/mol. The Hall–Kier alpha value is -1.89. The molecule has 114 valence electrons. The van der Waals surface area contributed by atoms with E-state index in [1.54, 1.807) is 29.7 Å². The maximum atomic E-state index is 12.1. The molecule has 22 heavy (non-hydrogen) atoms. The molecule has 6 heteroatoms. The molecule has 2 heterocycles. The minimum absolute atomic E-state index is 0.163. The lowest BCUT2D eigenvalue weighted by Gasteiger charge is -2.18. The van der Waals surface area contributed by atoms with Gasteiger partial charge in [0.25, 0.3) is 0 Å². The van der Waals surface area contributed by atoms with Crippen LogP contribution in [0.1, 0.15) is 26.5 Å². The highest BCUT2D eigenvalue weighted by Gasteiger charge is 2.21. The van der Waals surface area contributed by atoms with Gasteiger partial charge in [0, 0.05) is 30.1 Å². The fourth-order valence-corrected chi connectivity index (χ4v) is 3.32. The van der Waals surface area contributed by atoms with Crippen molar-refractivity contribution in [1.82, 2.24) is 9.88 Å². The van der Waals surface area contributed by atoms with E-state index in [9.17, 15) is 9.59 Å². The summed E-state index contributed by atoms with van der Waals surface area (Å²) >= 11 is 1.57. The Balaban J connectivity index is 1.87. The van der Waals surface area contributed by atoms with Crippen LogP contribution in [0.4, 0.5) is 0 Å². The molecule has 0 saturated heterocycles. The molecule has 0 radical (unpaired) electrons. The lowest BCUT2D eigenvalue weighted by Crippen LogP contribution is -2.27. The third kappa shape index (κ3) is 3.30. The second-order valence-electron chi connectivity index (χ2n) is 5.35. The van der Waals surface area contributed by atoms with E-state index < -0.39 is 6.61 Å². The minimum Gasteiger partial charge on any atom is -0.388 e. The van der Waals surface area contributed by atoms with Crippen LogP contribution in [0.3, 0.4) is 0 Å². The molecule has 0 atom stereocenters. The van der Waals surface area contributed by atoms with Crippen LogP contribution in [-0.4, -0.2) is 39.7 Å². The topological polar surface area (TPSA) is 70.5 Å². The molecular weight excluding hydrogens is 300 g/mol. The van der Waals surface area contributed by atoms with Gasteiger partial charge in [-0.05, 0) is 17.2 Å². The van der Waals surface area contributed by atoms with Crippen LogP contribution in [0.2, 0.25) is 0 Å². The first kappa shape index (κ1) is 15.0. The molecule has 0 bridgehead atoms. The van der Waals surface area contributed by atoms with Crippen molar-refractivity contribution in [2.24, 2.45) is 0 Å². The van der Waals surface area contributed by atoms with Gasteiger partial charge in [0.1, 0.15) is 11.6 Å². The van der Waals surface area contributed by atoms with E-state index in [1.165, 1.54) is 0 Å². The van der Waals surface area contributed by atoms with E-state index in [0.717, 1.165) is 16.1 Å². The highest BCUT2D eigenvalue weighted by atomic mass is 32.1. The molecule has 1 N–H and O–H groups in total. The first-order valence-electron chi connectivity index (χ1n) is 7.04. The Kier molecular flexibility index (Phi) is 4.42. The molecule has 0 saturated carbocycles. The van der Waals surface area contributed by atoms with E-state index >= 15 is 0 Å². The van der Waals surface area contributed by atoms with Crippen molar-refractivity contribution in [3.8, 4) is 0 Å². The van der Waals surface area contributed by atoms with Gasteiger partial charge in [-0.3, -0.25) is 14.5 Å². The van der Waals surface area contributed by atoms with Gasteiger partial charge in [0.2, 0.25) is 0 Å². The molecule has 1 aromatic carbocycles. The first-order chi connectivity index (χ1) is 10.7. The Bertz CT molecular complexity index is 697. The van der Waals surface area contributed by atoms with Crippen molar-refractivity contribution in [3.63, 3.8) is 0 Å². The quantitative estimate of drug-likeness (QED) is 0.865. The van der Waals surface area contributed by atoms with Crippen LogP contribution in [0, 0.1) is 0 Å². The number of aliphatic hydroxyl groups excluding tert-OH is 1. The summed E-state index contributed by atoms with van der Waals surface area (Å²) in [4.78, 5) is 30.0. The molecule has 1 aromatic heterocycles. The van der Waals surface area contributed by atoms with Gasteiger partial charge in [0.15, 0.2) is 11.6 Å². The maximum Gasteiger partial charge on any atom is 0.188 e. The number of aromatic nitrogens is 1. The third-order valence-electron chi connectivity index (χ3n) is 3.70. The summed E-state index contributed by atoms with van der Waals surface area (Å²) in [5, 5.41) is 11.9. The average molecular weight is 316 g/mol. The summed E-state index contributed by atoms with van der Waals surface area (Å²) in [7, 11) is 0. The van der Waals surface area contributed by atoms with Crippen LogP contribution in [0.25, 0.3) is 0 Å². The van der Waals surface area contributed by atoms with Crippen LogP contribution in [-0.2, 0) is 24.3 Å². The second kappa shape index (κ2) is 6.48. The van der Waals surface area contributed by atoms with Gasteiger partial charge >= 0.3 is 0 Å². The summed E-state index contributed by atoms with van der Waals surface area (Å²) in [5.74, 6) is -0.138. The molecule has 0 unspecified atom stereocenters. The zero-order valence-electron chi connectivity index (χ0n) is 12.0. The van der Waals surface area contributed by atoms with E-state index in [1.807, 2.05) is 16.3 Å². The van der Waals surface area contributed by atoms with E-state index in [2.05, 4.69) is 4.98 Å². The van der Waals surface area contributed by atoms with Crippen LogP contribution < -0.4 is 0 Å². The molecule has 1 aliphatic rings. The maximum absolute atomic E-state index is 12.1. The van der Waals surface area contributed by atoms with Crippen molar-refractivity contribution in [1.29, 1.82) is 0 Å². The van der Waals surface area contributed by atoms with E-state index in [0.29, 0.717) is 31.6 Å². The number of benzene rings is 1. The van der Waals surface area contributed by atoms with Gasteiger partial charge < -0.3 is 5.11 Å². The summed E-state index contributed by atoms with van der Waals surface area (Å²) < 4.78 is 0. The molecule has 3 rings (SSSR count). The number of hydrogen-bond donors (Lipinski definition) is 1. The molecule has 0 fully saturated rings. The number of fused-ring (bicyclic) bond motifs is 1. The predicted octanol–water partition coefficient (Wildman–Crippen LogP) is 1.45. The molecule has 2 aromatic rings. The van der Waals surface area contributed by atoms with Crippen LogP contribution >= 0.6 is 11.3 Å². The van der Waals surface area contributed by atoms with Gasteiger partial charge in [-0.15, -0.1) is 11.3 Å². The third-order valence-corrected chi connectivity index (χ3v) is 4.46. The SMILES string of the molecule is O=C1Cc2ccc(C(=O)CO)cc2CN(Cc2nccs2)C1. The van der Waals surface area contributed by atoms with Crippen LogP contribution in [0.5, 0.6) is 0 Å². The zero-order chi connectivity index (χ0) is 15.5. The average Bonchev–Trinajstić information content (AvgIpc) is 2.95. The monoisotopic (exact) mass is 316 g/mol. The van der Waals surface area contributed by atoms with E-state index in [4.69, 9.17) is 5.11 Å². The summed E-state index contributed by atoms with van der Waals surface area (Å²) in [6.45, 7) is 1.12. The van der Waals surface area contributed by atoms with Crippen molar-refractivity contribution in [3.05, 3.63) is 51.5 Å². The fourth-order valence-electron chi connectivity index (χ4n) is 2.66. The number of carbonyl (C=O) groups excluding carboxylic acids is 2. The zero-order valence-corrected chi connectivity index (χ0v) is 12.8. The Labute approximate surface area is 132 Å². The number of carbonyl (C=O) groups is 2. The van der Waals surface area contributed by atoms with Crippen molar-refractivity contribution in [2.45, 2.75) is 19.5 Å². The highest BCUT2D eigenvalue weighted by Crippen LogP contribution is 2.21. The summed E-state index contributed by atoms with van der Waals surface area (Å²) in [6.07, 6.45) is 2.14. The fraction of sp³-hybridized carbons (Fsp3) is 0.312. The number of hydrogen-bond acceptors (Lipinski definition) is 6. The van der Waals surface area contributed by atoms with Crippen LogP contribution in [0.15, 0.2) is 29.8 Å². The van der Waals surface area contributed by atoms with Gasteiger partial charge in [-0.1, -0.05) is 12.1 Å². The molecule has 0 spiro atoms. The highest BCUT2D eigenvalue weighted by molar-refractivity contribution is 7.09. The second-order valence-corrected chi connectivity index (χ2v) is 6.33. The van der Waals surface area contributed by atoms with E-state index in [-0.39, 0.29) is 11.6 Å². The lowest BCUT2D eigenvalue weighted by molar-refractivity contribution is -0.119.